The summed E-state index contributed by atoms with van der Waals surface area (Å²) in [7, 11) is 1.57. The lowest BCUT2D eigenvalue weighted by atomic mass is 9.99. The maximum atomic E-state index is 13.8. The van der Waals surface area contributed by atoms with Gasteiger partial charge in [0.25, 0.3) is 0 Å². The van der Waals surface area contributed by atoms with Gasteiger partial charge in [0.1, 0.15) is 23.4 Å². The van der Waals surface area contributed by atoms with Gasteiger partial charge in [-0.3, -0.25) is 0 Å². The van der Waals surface area contributed by atoms with Gasteiger partial charge in [0.2, 0.25) is 0 Å². The largest absolute Gasteiger partial charge is 0.496 e. The van der Waals surface area contributed by atoms with Crippen molar-refractivity contribution in [2.75, 3.05) is 7.11 Å². The van der Waals surface area contributed by atoms with Crippen molar-refractivity contribution in [3.63, 3.8) is 0 Å². The van der Waals surface area contributed by atoms with Crippen LogP contribution in [0.1, 0.15) is 5.56 Å². The van der Waals surface area contributed by atoms with E-state index in [0.29, 0.717) is 34.1 Å². The highest BCUT2D eigenvalue weighted by Crippen LogP contribution is 2.43. The third-order valence-electron chi connectivity index (χ3n) is 3.31. The fourth-order valence-electron chi connectivity index (χ4n) is 2.49. The second-order valence-corrected chi connectivity index (χ2v) is 5.17. The molecule has 0 bridgehead atoms. The average Bonchev–Trinajstić information content (AvgIpc) is 2.77. The summed E-state index contributed by atoms with van der Waals surface area (Å²) < 4.78 is 24.9. The van der Waals surface area contributed by atoms with Crippen LogP contribution >= 0.6 is 11.6 Å². The van der Waals surface area contributed by atoms with Crippen molar-refractivity contribution in [3.05, 3.63) is 53.7 Å². The third kappa shape index (κ3) is 2.22. The van der Waals surface area contributed by atoms with E-state index in [-0.39, 0.29) is 11.9 Å². The lowest BCUT2D eigenvalue weighted by Crippen LogP contribution is -2.06. The highest BCUT2D eigenvalue weighted by atomic mass is 35.5. The summed E-state index contributed by atoms with van der Waals surface area (Å²) in [5, 5.41) is 0.558. The second-order valence-electron chi connectivity index (χ2n) is 4.73. The van der Waals surface area contributed by atoms with Crippen LogP contribution in [-0.4, -0.2) is 13.2 Å². The Labute approximate surface area is 122 Å². The monoisotopic (exact) mass is 291 g/mol. The van der Waals surface area contributed by atoms with Crippen LogP contribution in [0, 0.1) is 12.7 Å². The predicted molar refractivity (Wildman–Crippen MR) is 76.9 cm³/mol. The summed E-state index contributed by atoms with van der Waals surface area (Å²) in [6, 6.07) is 8.15. The van der Waals surface area contributed by atoms with E-state index in [0.717, 1.165) is 5.56 Å². The van der Waals surface area contributed by atoms with Crippen molar-refractivity contribution in [1.29, 1.82) is 0 Å². The summed E-state index contributed by atoms with van der Waals surface area (Å²) in [6.07, 6.45) is 0.402. The van der Waals surface area contributed by atoms with E-state index >= 15 is 0 Å². The number of fused-ring (bicyclic) bond motifs is 1. The van der Waals surface area contributed by atoms with E-state index in [1.165, 1.54) is 12.1 Å². The van der Waals surface area contributed by atoms with Gasteiger partial charge in [0.05, 0.1) is 7.11 Å². The molecule has 1 heterocycles. The highest BCUT2D eigenvalue weighted by Gasteiger charge is 2.25. The molecule has 0 fully saturated rings. The second kappa shape index (κ2) is 4.98. The van der Waals surface area contributed by atoms with Gasteiger partial charge < -0.3 is 9.47 Å². The molecule has 103 valence electrons. The SMILES string of the molecule is [CH2]C1Cc2cc(F)cc(-c3cc(Cl)ccc3OC)c2O1. The molecule has 1 unspecified atom stereocenters. The molecule has 0 saturated carbocycles. The van der Waals surface area contributed by atoms with Crippen LogP contribution in [0.25, 0.3) is 11.1 Å². The number of benzene rings is 2. The first kappa shape index (κ1) is 13.3. The molecule has 1 radical (unpaired) electrons. The molecule has 0 saturated heterocycles. The Morgan fingerprint density at radius 3 is 2.85 bits per heavy atom. The van der Waals surface area contributed by atoms with Crippen LogP contribution in [0.4, 0.5) is 4.39 Å². The van der Waals surface area contributed by atoms with Crippen molar-refractivity contribution < 1.29 is 13.9 Å². The maximum absolute atomic E-state index is 13.8. The number of halogens is 2. The van der Waals surface area contributed by atoms with Gasteiger partial charge in [-0.15, -0.1) is 0 Å². The topological polar surface area (TPSA) is 18.5 Å². The summed E-state index contributed by atoms with van der Waals surface area (Å²) >= 11 is 6.04. The third-order valence-corrected chi connectivity index (χ3v) is 3.55. The van der Waals surface area contributed by atoms with Crippen molar-refractivity contribution in [2.45, 2.75) is 12.5 Å². The Kier molecular flexibility index (Phi) is 3.30. The lowest BCUT2D eigenvalue weighted by Gasteiger charge is -2.13. The van der Waals surface area contributed by atoms with Gasteiger partial charge in [-0.2, -0.15) is 0 Å². The van der Waals surface area contributed by atoms with Crippen LogP contribution in [0.2, 0.25) is 5.02 Å². The van der Waals surface area contributed by atoms with Gasteiger partial charge in [0.15, 0.2) is 0 Å². The van der Waals surface area contributed by atoms with Crippen LogP contribution < -0.4 is 9.47 Å². The van der Waals surface area contributed by atoms with Crippen LogP contribution in [0.3, 0.4) is 0 Å². The molecule has 0 aromatic heterocycles. The molecule has 2 nitrogen and oxygen atoms in total. The minimum Gasteiger partial charge on any atom is -0.496 e. The minimum absolute atomic E-state index is 0.198. The molecule has 0 spiro atoms. The van der Waals surface area contributed by atoms with Gasteiger partial charge in [-0.1, -0.05) is 11.6 Å². The quantitative estimate of drug-likeness (QED) is 0.821. The molecular formula is C16H13ClFO2. The summed E-state index contributed by atoms with van der Waals surface area (Å²) in [5.41, 5.74) is 2.18. The molecule has 20 heavy (non-hydrogen) atoms. The fraction of sp³-hybridized carbons (Fsp3) is 0.188. The molecule has 2 aromatic rings. The fourth-order valence-corrected chi connectivity index (χ4v) is 2.66. The molecule has 0 N–H and O–H groups in total. The zero-order valence-corrected chi connectivity index (χ0v) is 11.7. The molecule has 0 amide bonds. The lowest BCUT2D eigenvalue weighted by molar-refractivity contribution is 0.282. The smallest absolute Gasteiger partial charge is 0.131 e. The number of hydrogen-bond acceptors (Lipinski definition) is 2. The normalized spacial score (nSPS) is 16.7. The van der Waals surface area contributed by atoms with E-state index in [2.05, 4.69) is 6.92 Å². The summed E-state index contributed by atoms with van der Waals surface area (Å²) in [5.74, 6) is 0.976. The van der Waals surface area contributed by atoms with E-state index in [9.17, 15) is 4.39 Å². The van der Waals surface area contributed by atoms with Gasteiger partial charge in [-0.05, 0) is 37.3 Å². The number of methoxy groups -OCH3 is 1. The Morgan fingerprint density at radius 1 is 1.30 bits per heavy atom. The number of ether oxygens (including phenoxy) is 2. The first-order chi connectivity index (χ1) is 9.58. The van der Waals surface area contributed by atoms with E-state index in [1.807, 2.05) is 0 Å². The number of hydrogen-bond donors (Lipinski definition) is 0. The standard InChI is InChI=1S/C16H13ClFO2/c1-9-5-10-6-12(18)8-14(16(10)20-9)13-7-11(17)3-4-15(13)19-2/h3-4,6-9H,1,5H2,2H3. The molecular weight excluding hydrogens is 279 g/mol. The van der Waals surface area contributed by atoms with Crippen molar-refractivity contribution in [1.82, 2.24) is 0 Å². The molecule has 1 aliphatic rings. The van der Waals surface area contributed by atoms with E-state index in [1.54, 1.807) is 25.3 Å². The molecule has 2 aromatic carbocycles. The predicted octanol–water partition coefficient (Wildman–Crippen LogP) is 4.29. The van der Waals surface area contributed by atoms with Crippen molar-refractivity contribution in [2.24, 2.45) is 0 Å². The first-order valence-electron chi connectivity index (χ1n) is 6.24. The van der Waals surface area contributed by atoms with Crippen molar-refractivity contribution >= 4 is 11.6 Å². The molecule has 4 heteroatoms. The van der Waals surface area contributed by atoms with Crippen LogP contribution in [-0.2, 0) is 6.42 Å². The Hall–Kier alpha value is -1.74. The molecule has 1 aliphatic heterocycles. The number of rotatable bonds is 2. The molecule has 3 rings (SSSR count). The summed E-state index contributed by atoms with van der Waals surface area (Å²) in [6.45, 7) is 3.87. The van der Waals surface area contributed by atoms with Crippen LogP contribution in [0.15, 0.2) is 30.3 Å². The first-order valence-corrected chi connectivity index (χ1v) is 6.62. The summed E-state index contributed by atoms with van der Waals surface area (Å²) in [4.78, 5) is 0. The zero-order chi connectivity index (χ0) is 14.3. The molecule has 1 atom stereocenters. The van der Waals surface area contributed by atoms with Crippen molar-refractivity contribution in [3.8, 4) is 22.6 Å². The average molecular weight is 292 g/mol. The van der Waals surface area contributed by atoms with E-state index in [4.69, 9.17) is 21.1 Å². The zero-order valence-electron chi connectivity index (χ0n) is 11.0. The Bertz CT molecular complexity index is 670. The Balaban J connectivity index is 2.23. The van der Waals surface area contributed by atoms with Gasteiger partial charge >= 0.3 is 0 Å². The Morgan fingerprint density at radius 2 is 2.10 bits per heavy atom. The maximum Gasteiger partial charge on any atom is 0.131 e. The van der Waals surface area contributed by atoms with E-state index < -0.39 is 0 Å². The van der Waals surface area contributed by atoms with Gasteiger partial charge in [0, 0.05) is 28.1 Å². The van der Waals surface area contributed by atoms with Crippen LogP contribution in [0.5, 0.6) is 11.5 Å². The highest BCUT2D eigenvalue weighted by molar-refractivity contribution is 6.31. The van der Waals surface area contributed by atoms with Gasteiger partial charge in [-0.25, -0.2) is 4.39 Å². The minimum atomic E-state index is -0.307. The molecule has 0 aliphatic carbocycles.